The molecule has 0 aromatic heterocycles. The number of aromatic hydroxyl groups is 1. The lowest BCUT2D eigenvalue weighted by molar-refractivity contribution is 0.467. The van der Waals surface area contributed by atoms with Gasteiger partial charge in [-0.1, -0.05) is 0 Å². The lowest BCUT2D eigenvalue weighted by atomic mass is 10.1. The second-order valence-corrected chi connectivity index (χ2v) is 4.62. The third-order valence-electron chi connectivity index (χ3n) is 2.17. The zero-order valence-corrected chi connectivity index (χ0v) is 10.9. The van der Waals surface area contributed by atoms with E-state index in [-0.39, 0.29) is 0 Å². The van der Waals surface area contributed by atoms with Crippen LogP contribution in [0.4, 0.5) is 5.69 Å². The Balaban J connectivity index is 2.79. The number of aryl methyl sites for hydroxylation is 2. The molecule has 0 unspecified atom stereocenters. The van der Waals surface area contributed by atoms with Crippen LogP contribution >= 0.6 is 12.2 Å². The molecule has 1 rings (SSSR count). The zero-order chi connectivity index (χ0) is 12.3. The van der Waals surface area contributed by atoms with Crippen LogP contribution in [0.1, 0.15) is 25.0 Å². The van der Waals surface area contributed by atoms with Crippen LogP contribution in [0.3, 0.4) is 0 Å². The molecule has 0 aliphatic rings. The maximum absolute atomic E-state index is 9.63. The number of rotatable bonds is 2. The first-order valence-corrected chi connectivity index (χ1v) is 5.68. The molecule has 0 amide bonds. The van der Waals surface area contributed by atoms with E-state index < -0.39 is 0 Å². The molecule has 3 nitrogen and oxygen atoms in total. The normalized spacial score (nSPS) is 10.3. The van der Waals surface area contributed by atoms with Crippen LogP contribution in [0.25, 0.3) is 0 Å². The molecule has 0 aliphatic carbocycles. The van der Waals surface area contributed by atoms with Gasteiger partial charge >= 0.3 is 0 Å². The second-order valence-electron chi connectivity index (χ2n) is 4.21. The fraction of sp³-hybridized carbons (Fsp3) is 0.417. The Labute approximate surface area is 102 Å². The summed E-state index contributed by atoms with van der Waals surface area (Å²) < 4.78 is 0. The Morgan fingerprint density at radius 2 is 1.75 bits per heavy atom. The molecule has 0 aliphatic heterocycles. The summed E-state index contributed by atoms with van der Waals surface area (Å²) in [5.74, 6) is 0.341. The van der Waals surface area contributed by atoms with E-state index >= 15 is 0 Å². The predicted octanol–water partition coefficient (Wildman–Crippen LogP) is 2.70. The van der Waals surface area contributed by atoms with Crippen molar-refractivity contribution in [2.75, 3.05) is 5.32 Å². The van der Waals surface area contributed by atoms with Crippen molar-refractivity contribution in [3.8, 4) is 5.75 Å². The van der Waals surface area contributed by atoms with Gasteiger partial charge in [-0.05, 0) is 63.2 Å². The molecular formula is C12H18N2OS. The molecule has 0 saturated carbocycles. The molecule has 0 radical (unpaired) electrons. The Hall–Kier alpha value is -1.29. The van der Waals surface area contributed by atoms with E-state index in [0.717, 1.165) is 16.8 Å². The minimum Gasteiger partial charge on any atom is -0.507 e. The molecule has 88 valence electrons. The SMILES string of the molecule is Cc1cc(NC(=S)NC(C)C)cc(C)c1O. The van der Waals surface area contributed by atoms with Crippen LogP contribution < -0.4 is 10.6 Å². The van der Waals surface area contributed by atoms with E-state index in [0.29, 0.717) is 16.9 Å². The first kappa shape index (κ1) is 12.8. The topological polar surface area (TPSA) is 44.3 Å². The van der Waals surface area contributed by atoms with Crippen molar-refractivity contribution < 1.29 is 5.11 Å². The van der Waals surface area contributed by atoms with Gasteiger partial charge in [0.1, 0.15) is 5.75 Å². The van der Waals surface area contributed by atoms with Gasteiger partial charge in [0.05, 0.1) is 0 Å². The summed E-state index contributed by atoms with van der Waals surface area (Å²) in [4.78, 5) is 0. The average molecular weight is 238 g/mol. The van der Waals surface area contributed by atoms with E-state index in [1.165, 1.54) is 0 Å². The molecule has 0 bridgehead atoms. The number of nitrogens with one attached hydrogen (secondary N) is 2. The summed E-state index contributed by atoms with van der Waals surface area (Å²) in [6.07, 6.45) is 0. The molecule has 0 saturated heterocycles. The minimum atomic E-state index is 0.305. The monoisotopic (exact) mass is 238 g/mol. The Kier molecular flexibility index (Phi) is 4.12. The average Bonchev–Trinajstić information content (AvgIpc) is 2.12. The van der Waals surface area contributed by atoms with Crippen LogP contribution in [0, 0.1) is 13.8 Å². The summed E-state index contributed by atoms with van der Waals surface area (Å²) in [6, 6.07) is 4.05. The van der Waals surface area contributed by atoms with Gasteiger partial charge in [-0.2, -0.15) is 0 Å². The number of phenols is 1. The highest BCUT2D eigenvalue weighted by Crippen LogP contribution is 2.25. The number of hydrogen-bond donors (Lipinski definition) is 3. The van der Waals surface area contributed by atoms with Crippen LogP contribution in [0.2, 0.25) is 0 Å². The zero-order valence-electron chi connectivity index (χ0n) is 10.1. The van der Waals surface area contributed by atoms with Crippen LogP contribution in [0.15, 0.2) is 12.1 Å². The standard InChI is InChI=1S/C12H18N2OS/c1-7(2)13-12(16)14-10-5-8(3)11(15)9(4)6-10/h5-7,15H,1-4H3,(H2,13,14,16). The molecular weight excluding hydrogens is 220 g/mol. The van der Waals surface area contributed by atoms with Crippen molar-refractivity contribution in [1.82, 2.24) is 5.32 Å². The Morgan fingerprint density at radius 3 is 2.19 bits per heavy atom. The summed E-state index contributed by atoms with van der Waals surface area (Å²) in [6.45, 7) is 7.79. The highest BCUT2D eigenvalue weighted by Gasteiger charge is 2.05. The molecule has 0 heterocycles. The van der Waals surface area contributed by atoms with Crippen molar-refractivity contribution in [1.29, 1.82) is 0 Å². The summed E-state index contributed by atoms with van der Waals surface area (Å²) >= 11 is 5.15. The van der Waals surface area contributed by atoms with Gasteiger partial charge in [-0.15, -0.1) is 0 Å². The maximum atomic E-state index is 9.63. The van der Waals surface area contributed by atoms with Gasteiger partial charge < -0.3 is 15.7 Å². The number of benzene rings is 1. The third-order valence-corrected chi connectivity index (χ3v) is 2.39. The van der Waals surface area contributed by atoms with Crippen LogP contribution in [-0.4, -0.2) is 16.3 Å². The van der Waals surface area contributed by atoms with E-state index in [4.69, 9.17) is 12.2 Å². The predicted molar refractivity (Wildman–Crippen MR) is 72.1 cm³/mol. The third kappa shape index (κ3) is 3.38. The number of thiocarbonyl (C=S) groups is 1. The summed E-state index contributed by atoms with van der Waals surface area (Å²) in [7, 11) is 0. The lowest BCUT2D eigenvalue weighted by Gasteiger charge is -2.14. The van der Waals surface area contributed by atoms with Crippen molar-refractivity contribution >= 4 is 23.0 Å². The first-order valence-electron chi connectivity index (χ1n) is 5.28. The van der Waals surface area contributed by atoms with Gasteiger partial charge in [0.2, 0.25) is 0 Å². The Morgan fingerprint density at radius 1 is 1.25 bits per heavy atom. The molecule has 0 spiro atoms. The summed E-state index contributed by atoms with van der Waals surface area (Å²) in [5.41, 5.74) is 2.58. The molecule has 1 aromatic carbocycles. The molecule has 4 heteroatoms. The van der Waals surface area contributed by atoms with Crippen molar-refractivity contribution in [3.63, 3.8) is 0 Å². The molecule has 1 aromatic rings. The van der Waals surface area contributed by atoms with E-state index in [9.17, 15) is 5.11 Å². The van der Waals surface area contributed by atoms with Crippen molar-refractivity contribution in [3.05, 3.63) is 23.3 Å². The first-order chi connectivity index (χ1) is 7.40. The smallest absolute Gasteiger partial charge is 0.170 e. The lowest BCUT2D eigenvalue weighted by Crippen LogP contribution is -2.33. The van der Waals surface area contributed by atoms with Crippen molar-refractivity contribution in [2.45, 2.75) is 33.7 Å². The van der Waals surface area contributed by atoms with Crippen LogP contribution in [0.5, 0.6) is 5.75 Å². The van der Waals surface area contributed by atoms with Crippen LogP contribution in [-0.2, 0) is 0 Å². The quantitative estimate of drug-likeness (QED) is 0.547. The minimum absolute atomic E-state index is 0.305. The van der Waals surface area contributed by atoms with Gasteiger partial charge in [-0.3, -0.25) is 0 Å². The number of anilines is 1. The van der Waals surface area contributed by atoms with Gasteiger partial charge in [-0.25, -0.2) is 0 Å². The maximum Gasteiger partial charge on any atom is 0.170 e. The summed E-state index contributed by atoms with van der Waals surface area (Å²) in [5, 5.41) is 16.4. The van der Waals surface area contributed by atoms with Gasteiger partial charge in [0.25, 0.3) is 0 Å². The number of hydrogen-bond acceptors (Lipinski definition) is 2. The van der Waals surface area contributed by atoms with E-state index in [2.05, 4.69) is 10.6 Å². The van der Waals surface area contributed by atoms with E-state index in [1.807, 2.05) is 39.8 Å². The van der Waals surface area contributed by atoms with Gasteiger partial charge in [0, 0.05) is 11.7 Å². The largest absolute Gasteiger partial charge is 0.507 e. The van der Waals surface area contributed by atoms with E-state index in [1.54, 1.807) is 0 Å². The molecule has 0 atom stereocenters. The number of phenolic OH excluding ortho intramolecular Hbond substituents is 1. The highest BCUT2D eigenvalue weighted by molar-refractivity contribution is 7.80. The molecule has 16 heavy (non-hydrogen) atoms. The fourth-order valence-corrected chi connectivity index (χ4v) is 1.81. The molecule has 3 N–H and O–H groups in total. The fourth-order valence-electron chi connectivity index (χ4n) is 1.46. The van der Waals surface area contributed by atoms with Crippen molar-refractivity contribution in [2.24, 2.45) is 0 Å². The highest BCUT2D eigenvalue weighted by atomic mass is 32.1. The van der Waals surface area contributed by atoms with Gasteiger partial charge in [0.15, 0.2) is 5.11 Å². The molecule has 0 fully saturated rings. The Bertz CT molecular complexity index is 379. The second kappa shape index (κ2) is 5.16.